The first-order valence-electron chi connectivity index (χ1n) is 3.62. The molecule has 0 aromatic rings. The smallest absolute Gasteiger partial charge is 0.267 e. The van der Waals surface area contributed by atoms with Gasteiger partial charge < -0.3 is 5.32 Å². The van der Waals surface area contributed by atoms with Crippen LogP contribution in [0.1, 0.15) is 0 Å². The molecule has 12 heavy (non-hydrogen) atoms. The maximum atomic E-state index is 10.4. The summed E-state index contributed by atoms with van der Waals surface area (Å²) in [6, 6.07) is -0.0552. The van der Waals surface area contributed by atoms with Crippen molar-refractivity contribution in [2.24, 2.45) is 0 Å². The summed E-state index contributed by atoms with van der Waals surface area (Å²) in [7, 11) is 1.76. The third kappa shape index (κ3) is 2.03. The Morgan fingerprint density at radius 3 is 2.92 bits per heavy atom. The number of nitrogens with one attached hydrogen (secondary N) is 1. The van der Waals surface area contributed by atoms with E-state index < -0.39 is 4.92 Å². The summed E-state index contributed by atoms with van der Waals surface area (Å²) in [5, 5.41) is 13.3. The molecule has 1 aliphatic carbocycles. The van der Waals surface area contributed by atoms with Crippen LogP contribution in [-0.4, -0.2) is 18.0 Å². The molecule has 4 nitrogen and oxygen atoms in total. The van der Waals surface area contributed by atoms with E-state index in [2.05, 4.69) is 5.32 Å². The molecule has 0 radical (unpaired) electrons. The van der Waals surface area contributed by atoms with Crippen LogP contribution < -0.4 is 5.32 Å². The third-order valence-corrected chi connectivity index (χ3v) is 1.59. The van der Waals surface area contributed by atoms with E-state index in [4.69, 9.17) is 0 Å². The molecule has 0 saturated heterocycles. The number of hydrogen-bond donors (Lipinski definition) is 1. The summed E-state index contributed by atoms with van der Waals surface area (Å²) in [5.41, 5.74) is 0.124. The molecule has 1 unspecified atom stereocenters. The summed E-state index contributed by atoms with van der Waals surface area (Å²) >= 11 is 0. The zero-order valence-corrected chi connectivity index (χ0v) is 6.73. The lowest BCUT2D eigenvalue weighted by molar-refractivity contribution is -0.419. The van der Waals surface area contributed by atoms with Gasteiger partial charge in [0.15, 0.2) is 0 Å². The molecule has 0 aromatic heterocycles. The summed E-state index contributed by atoms with van der Waals surface area (Å²) < 4.78 is 0. The second-order valence-electron chi connectivity index (χ2n) is 2.41. The van der Waals surface area contributed by atoms with Gasteiger partial charge in [-0.3, -0.25) is 10.1 Å². The largest absolute Gasteiger partial charge is 0.310 e. The second kappa shape index (κ2) is 3.82. The molecule has 1 atom stereocenters. The summed E-state index contributed by atoms with van der Waals surface area (Å²) in [4.78, 5) is 10.0. The van der Waals surface area contributed by atoms with Gasteiger partial charge in [0.1, 0.15) is 0 Å². The minimum atomic E-state index is -0.395. The standard InChI is InChI=1S/C8H10N2O2/c1-9-7-4-2-3-5-8(6-7)10(11)12/h2-7,9H,1H3. The predicted molar refractivity (Wildman–Crippen MR) is 46.2 cm³/mol. The van der Waals surface area contributed by atoms with Gasteiger partial charge in [0.2, 0.25) is 0 Å². The van der Waals surface area contributed by atoms with E-state index in [9.17, 15) is 10.1 Å². The monoisotopic (exact) mass is 166 g/mol. The van der Waals surface area contributed by atoms with Crippen LogP contribution in [0.25, 0.3) is 0 Å². The van der Waals surface area contributed by atoms with Crippen molar-refractivity contribution in [3.05, 3.63) is 46.2 Å². The number of likely N-dealkylation sites (N-methyl/N-ethyl adjacent to an activating group) is 1. The van der Waals surface area contributed by atoms with Crippen molar-refractivity contribution in [2.45, 2.75) is 6.04 Å². The fraction of sp³-hybridized carbons (Fsp3) is 0.250. The van der Waals surface area contributed by atoms with E-state index in [1.807, 2.05) is 6.08 Å². The van der Waals surface area contributed by atoms with Crippen molar-refractivity contribution in [2.75, 3.05) is 7.05 Å². The van der Waals surface area contributed by atoms with Crippen LogP contribution in [0.15, 0.2) is 36.1 Å². The zero-order valence-electron chi connectivity index (χ0n) is 6.73. The molecule has 1 rings (SSSR count). The van der Waals surface area contributed by atoms with Crippen molar-refractivity contribution in [1.29, 1.82) is 0 Å². The van der Waals surface area contributed by atoms with Crippen molar-refractivity contribution in [3.63, 3.8) is 0 Å². The molecule has 0 fully saturated rings. The van der Waals surface area contributed by atoms with Crippen LogP contribution in [0.5, 0.6) is 0 Å². The topological polar surface area (TPSA) is 55.2 Å². The van der Waals surface area contributed by atoms with Crippen LogP contribution in [0.2, 0.25) is 0 Å². The number of hydrogen-bond acceptors (Lipinski definition) is 3. The van der Waals surface area contributed by atoms with Gasteiger partial charge in [0.05, 0.1) is 11.0 Å². The van der Waals surface area contributed by atoms with E-state index in [1.165, 1.54) is 6.08 Å². The number of nitrogens with zero attached hydrogens (tertiary/aromatic N) is 1. The van der Waals surface area contributed by atoms with Crippen LogP contribution in [0.3, 0.4) is 0 Å². The summed E-state index contributed by atoms with van der Waals surface area (Å²) in [6.45, 7) is 0. The van der Waals surface area contributed by atoms with Gasteiger partial charge in [-0.25, -0.2) is 0 Å². The van der Waals surface area contributed by atoms with Gasteiger partial charge in [-0.1, -0.05) is 18.2 Å². The van der Waals surface area contributed by atoms with Gasteiger partial charge in [-0.2, -0.15) is 0 Å². The Kier molecular flexibility index (Phi) is 2.76. The maximum absolute atomic E-state index is 10.4. The SMILES string of the molecule is CNC1C=CC=CC([N+](=O)[O-])=C1. The fourth-order valence-electron chi connectivity index (χ4n) is 0.934. The minimum absolute atomic E-state index is 0.0552. The highest BCUT2D eigenvalue weighted by atomic mass is 16.6. The highest BCUT2D eigenvalue weighted by Gasteiger charge is 2.10. The second-order valence-corrected chi connectivity index (χ2v) is 2.41. The first-order chi connectivity index (χ1) is 5.74. The molecule has 64 valence electrons. The Morgan fingerprint density at radius 2 is 2.33 bits per heavy atom. The molecule has 0 aromatic carbocycles. The Labute approximate surface area is 70.4 Å². The Hall–Kier alpha value is -1.42. The third-order valence-electron chi connectivity index (χ3n) is 1.59. The van der Waals surface area contributed by atoms with Crippen LogP contribution in [0.4, 0.5) is 0 Å². The average molecular weight is 166 g/mol. The molecular formula is C8H10N2O2. The van der Waals surface area contributed by atoms with E-state index >= 15 is 0 Å². The summed E-state index contributed by atoms with van der Waals surface area (Å²) in [5.74, 6) is 0. The number of allylic oxidation sites excluding steroid dienone is 3. The number of rotatable bonds is 2. The maximum Gasteiger partial charge on any atom is 0.267 e. The number of nitro groups is 1. The zero-order chi connectivity index (χ0) is 8.97. The Morgan fingerprint density at radius 1 is 1.58 bits per heavy atom. The average Bonchev–Trinajstić information content (AvgIpc) is 2.28. The Balaban J connectivity index is 2.86. The molecule has 0 saturated carbocycles. The fourth-order valence-corrected chi connectivity index (χ4v) is 0.934. The van der Waals surface area contributed by atoms with Crippen LogP contribution in [-0.2, 0) is 0 Å². The normalized spacial score (nSPS) is 21.8. The van der Waals surface area contributed by atoms with Crippen LogP contribution in [0, 0.1) is 10.1 Å². The van der Waals surface area contributed by atoms with Gasteiger partial charge in [-0.15, -0.1) is 0 Å². The highest BCUT2D eigenvalue weighted by Crippen LogP contribution is 2.05. The van der Waals surface area contributed by atoms with Gasteiger partial charge >= 0.3 is 0 Å². The van der Waals surface area contributed by atoms with E-state index in [0.717, 1.165) is 0 Å². The van der Waals surface area contributed by atoms with Crippen molar-refractivity contribution >= 4 is 0 Å². The van der Waals surface area contributed by atoms with Gasteiger partial charge in [0.25, 0.3) is 5.70 Å². The van der Waals surface area contributed by atoms with E-state index in [-0.39, 0.29) is 11.7 Å². The molecule has 4 heteroatoms. The lowest BCUT2D eigenvalue weighted by Gasteiger charge is -2.02. The molecule has 0 aliphatic heterocycles. The molecular weight excluding hydrogens is 156 g/mol. The van der Waals surface area contributed by atoms with E-state index in [0.29, 0.717) is 0 Å². The Bertz CT molecular complexity index is 266. The van der Waals surface area contributed by atoms with E-state index in [1.54, 1.807) is 25.3 Å². The highest BCUT2D eigenvalue weighted by molar-refractivity contribution is 5.25. The predicted octanol–water partition coefficient (Wildman–Crippen LogP) is 0.861. The van der Waals surface area contributed by atoms with Crippen LogP contribution >= 0.6 is 0 Å². The van der Waals surface area contributed by atoms with Crippen molar-refractivity contribution in [3.8, 4) is 0 Å². The quantitative estimate of drug-likeness (QED) is 0.489. The molecule has 0 heterocycles. The lowest BCUT2D eigenvalue weighted by atomic mass is 10.2. The van der Waals surface area contributed by atoms with Gasteiger partial charge in [0, 0.05) is 12.2 Å². The van der Waals surface area contributed by atoms with Crippen molar-refractivity contribution in [1.82, 2.24) is 5.32 Å². The molecule has 1 N–H and O–H groups in total. The summed E-state index contributed by atoms with van der Waals surface area (Å²) in [6.07, 6.45) is 8.35. The molecule has 0 bridgehead atoms. The molecule has 0 amide bonds. The van der Waals surface area contributed by atoms with Crippen molar-refractivity contribution < 1.29 is 4.92 Å². The first kappa shape index (κ1) is 8.67. The molecule has 0 spiro atoms. The molecule has 1 aliphatic rings. The first-order valence-corrected chi connectivity index (χ1v) is 3.62. The minimum Gasteiger partial charge on any atom is -0.310 e. The van der Waals surface area contributed by atoms with Gasteiger partial charge in [-0.05, 0) is 7.05 Å². The lowest BCUT2D eigenvalue weighted by Crippen LogP contribution is -2.20.